The van der Waals surface area contributed by atoms with Crippen LogP contribution in [0.15, 0.2) is 51.7 Å². The molecule has 0 fully saturated rings. The van der Waals surface area contributed by atoms with E-state index in [1.807, 2.05) is 36.4 Å². The first kappa shape index (κ1) is 12.9. The van der Waals surface area contributed by atoms with Crippen LogP contribution in [0.5, 0.6) is 0 Å². The Morgan fingerprint density at radius 1 is 1.16 bits per heavy atom. The number of para-hydroxylation sites is 1. The van der Waals surface area contributed by atoms with Crippen molar-refractivity contribution in [2.75, 3.05) is 0 Å². The Morgan fingerprint density at radius 2 is 2.00 bits per heavy atom. The molecule has 0 atom stereocenters. The summed E-state index contributed by atoms with van der Waals surface area (Å²) >= 11 is 9.47. The van der Waals surface area contributed by atoms with Gasteiger partial charge in [0.05, 0.1) is 10.2 Å². The number of halogens is 1. The Kier molecular flexibility index (Phi) is 3.75. The third kappa shape index (κ3) is 2.62. The van der Waals surface area contributed by atoms with E-state index in [2.05, 4.69) is 11.1 Å². The number of fused-ring (bicyclic) bond motifs is 1. The quantitative estimate of drug-likeness (QED) is 0.771. The van der Waals surface area contributed by atoms with Crippen molar-refractivity contribution < 1.29 is 0 Å². The largest absolute Gasteiger partial charge is 0.326 e. The van der Waals surface area contributed by atoms with Gasteiger partial charge in [-0.05, 0) is 29.8 Å². The number of nitrogens with two attached hydrogens (primary N) is 1. The van der Waals surface area contributed by atoms with Crippen LogP contribution >= 0.6 is 34.7 Å². The van der Waals surface area contributed by atoms with E-state index >= 15 is 0 Å². The molecule has 1 aromatic heterocycles. The van der Waals surface area contributed by atoms with Gasteiger partial charge in [0, 0.05) is 16.5 Å². The lowest BCUT2D eigenvalue weighted by molar-refractivity contribution is 1.03. The number of nitrogens with zero attached hydrogens (tertiary/aromatic N) is 1. The summed E-state index contributed by atoms with van der Waals surface area (Å²) in [5, 5.41) is 0.716. The second-order valence-corrected chi connectivity index (χ2v) is 6.70. The first-order valence-corrected chi connectivity index (χ1v) is 7.80. The first-order valence-electron chi connectivity index (χ1n) is 5.79. The highest BCUT2D eigenvalue weighted by Crippen LogP contribution is 2.37. The summed E-state index contributed by atoms with van der Waals surface area (Å²) in [5.74, 6) is 0. The van der Waals surface area contributed by atoms with E-state index in [-0.39, 0.29) is 0 Å². The van der Waals surface area contributed by atoms with E-state index in [9.17, 15) is 0 Å². The molecule has 2 N–H and O–H groups in total. The molecular weight excluding hydrogens is 296 g/mol. The van der Waals surface area contributed by atoms with Crippen molar-refractivity contribution in [3.8, 4) is 0 Å². The predicted octanol–water partition coefficient (Wildman–Crippen LogP) is 4.56. The van der Waals surface area contributed by atoms with E-state index in [1.165, 1.54) is 4.70 Å². The van der Waals surface area contributed by atoms with E-state index in [4.69, 9.17) is 17.3 Å². The summed E-state index contributed by atoms with van der Waals surface area (Å²) < 4.78 is 2.21. The normalized spacial score (nSPS) is 11.1. The minimum absolute atomic E-state index is 0.437. The van der Waals surface area contributed by atoms with Gasteiger partial charge < -0.3 is 5.73 Å². The highest BCUT2D eigenvalue weighted by molar-refractivity contribution is 8.01. The molecule has 19 heavy (non-hydrogen) atoms. The highest BCUT2D eigenvalue weighted by atomic mass is 35.5. The second-order valence-electron chi connectivity index (χ2n) is 3.97. The van der Waals surface area contributed by atoms with Crippen LogP contribution in [0.25, 0.3) is 10.2 Å². The fourth-order valence-electron chi connectivity index (χ4n) is 1.82. The van der Waals surface area contributed by atoms with Crippen LogP contribution < -0.4 is 5.73 Å². The van der Waals surface area contributed by atoms with Gasteiger partial charge in [-0.15, -0.1) is 11.3 Å². The van der Waals surface area contributed by atoms with Crippen LogP contribution in [0.3, 0.4) is 0 Å². The van der Waals surface area contributed by atoms with Gasteiger partial charge in [0.25, 0.3) is 0 Å². The molecule has 2 aromatic carbocycles. The number of thiazole rings is 1. The summed E-state index contributed by atoms with van der Waals surface area (Å²) in [7, 11) is 0. The lowest BCUT2D eigenvalue weighted by Crippen LogP contribution is -1.99. The Bertz CT molecular complexity index is 691. The molecule has 0 unspecified atom stereocenters. The van der Waals surface area contributed by atoms with Crippen molar-refractivity contribution in [3.63, 3.8) is 0 Å². The maximum absolute atomic E-state index is 6.16. The summed E-state index contributed by atoms with van der Waals surface area (Å²) in [6.45, 7) is 0.437. The lowest BCUT2D eigenvalue weighted by Gasteiger charge is -2.06. The molecule has 0 aliphatic rings. The number of aromatic nitrogens is 1. The fraction of sp³-hybridized carbons (Fsp3) is 0.0714. The average Bonchev–Trinajstić information content (AvgIpc) is 2.81. The SMILES string of the molecule is NCc1c(Cl)cccc1Sc1nc2ccccc2s1. The smallest absolute Gasteiger partial charge is 0.155 e. The zero-order valence-corrected chi connectivity index (χ0v) is 12.4. The van der Waals surface area contributed by atoms with Crippen LogP contribution in [0.1, 0.15) is 5.56 Å². The van der Waals surface area contributed by atoms with Gasteiger partial charge in [0.15, 0.2) is 4.34 Å². The number of rotatable bonds is 3. The van der Waals surface area contributed by atoms with Gasteiger partial charge in [0.1, 0.15) is 0 Å². The molecule has 0 aliphatic heterocycles. The molecule has 3 rings (SSSR count). The number of hydrogen-bond donors (Lipinski definition) is 1. The molecule has 0 saturated carbocycles. The van der Waals surface area contributed by atoms with Crippen LogP contribution in [0.4, 0.5) is 0 Å². The molecule has 96 valence electrons. The minimum atomic E-state index is 0.437. The molecule has 1 heterocycles. The monoisotopic (exact) mass is 306 g/mol. The maximum Gasteiger partial charge on any atom is 0.155 e. The molecule has 0 spiro atoms. The van der Waals surface area contributed by atoms with E-state index in [0.717, 1.165) is 20.3 Å². The molecule has 5 heteroatoms. The molecule has 2 nitrogen and oxygen atoms in total. The van der Waals surface area contributed by atoms with Crippen LogP contribution in [-0.4, -0.2) is 4.98 Å². The van der Waals surface area contributed by atoms with Gasteiger partial charge in [-0.1, -0.05) is 41.6 Å². The molecule has 3 aromatic rings. The molecule has 0 amide bonds. The predicted molar refractivity (Wildman–Crippen MR) is 83.1 cm³/mol. The van der Waals surface area contributed by atoms with Crippen molar-refractivity contribution in [3.05, 3.63) is 53.1 Å². The van der Waals surface area contributed by atoms with Crippen LogP contribution in [-0.2, 0) is 6.54 Å². The summed E-state index contributed by atoms with van der Waals surface area (Å²) in [5.41, 5.74) is 7.78. The Labute approximate surface area is 124 Å². The highest BCUT2D eigenvalue weighted by Gasteiger charge is 2.10. The Hall–Kier alpha value is -1.07. The molecule has 0 bridgehead atoms. The summed E-state index contributed by atoms with van der Waals surface area (Å²) in [4.78, 5) is 5.69. The third-order valence-electron chi connectivity index (χ3n) is 2.75. The fourth-order valence-corrected chi connectivity index (χ4v) is 4.33. The standard InChI is InChI=1S/C14H11ClN2S2/c15-10-4-3-7-12(9(10)8-16)18-14-17-11-5-1-2-6-13(11)19-14/h1-7H,8,16H2. The Balaban J connectivity index is 1.99. The minimum Gasteiger partial charge on any atom is -0.326 e. The average molecular weight is 307 g/mol. The summed E-state index contributed by atoms with van der Waals surface area (Å²) in [6.07, 6.45) is 0. The lowest BCUT2D eigenvalue weighted by atomic mass is 10.2. The number of hydrogen-bond acceptors (Lipinski definition) is 4. The first-order chi connectivity index (χ1) is 9.28. The van der Waals surface area contributed by atoms with E-state index in [1.54, 1.807) is 23.1 Å². The van der Waals surface area contributed by atoms with Gasteiger partial charge >= 0.3 is 0 Å². The van der Waals surface area contributed by atoms with Crippen molar-refractivity contribution in [1.29, 1.82) is 0 Å². The zero-order chi connectivity index (χ0) is 13.2. The third-order valence-corrected chi connectivity index (χ3v) is 5.30. The van der Waals surface area contributed by atoms with Gasteiger partial charge in [0.2, 0.25) is 0 Å². The van der Waals surface area contributed by atoms with Gasteiger partial charge in [-0.2, -0.15) is 0 Å². The van der Waals surface area contributed by atoms with E-state index in [0.29, 0.717) is 11.6 Å². The van der Waals surface area contributed by atoms with Crippen molar-refractivity contribution in [2.45, 2.75) is 15.8 Å². The zero-order valence-electron chi connectivity index (χ0n) is 9.97. The van der Waals surface area contributed by atoms with Crippen molar-refractivity contribution in [2.24, 2.45) is 5.73 Å². The molecule has 0 aliphatic carbocycles. The molecule has 0 saturated heterocycles. The van der Waals surface area contributed by atoms with Crippen molar-refractivity contribution in [1.82, 2.24) is 4.98 Å². The van der Waals surface area contributed by atoms with Crippen molar-refractivity contribution >= 4 is 44.9 Å². The Morgan fingerprint density at radius 3 is 2.79 bits per heavy atom. The molecule has 0 radical (unpaired) electrons. The number of benzene rings is 2. The van der Waals surface area contributed by atoms with Gasteiger partial charge in [-0.25, -0.2) is 4.98 Å². The van der Waals surface area contributed by atoms with E-state index < -0.39 is 0 Å². The molecular formula is C14H11ClN2S2. The summed E-state index contributed by atoms with van der Waals surface area (Å²) in [6, 6.07) is 14.0. The second kappa shape index (κ2) is 5.51. The van der Waals surface area contributed by atoms with Crippen LogP contribution in [0.2, 0.25) is 5.02 Å². The maximum atomic E-state index is 6.16. The van der Waals surface area contributed by atoms with Gasteiger partial charge in [-0.3, -0.25) is 0 Å². The topological polar surface area (TPSA) is 38.9 Å². The van der Waals surface area contributed by atoms with Crippen LogP contribution in [0, 0.1) is 0 Å².